The van der Waals surface area contributed by atoms with Crippen LogP contribution in [0.25, 0.3) is 10.9 Å². The molecule has 1 unspecified atom stereocenters. The fourth-order valence-corrected chi connectivity index (χ4v) is 4.73. The standard InChI is InChI=1S/C24H24FN3O/c25-19-9-3-2-8-18(19)24(11-12-24)23(29)28-13-5-7-17(15-28)22-20(26)14-16-6-1-4-10-21(16)27-22/h1-4,6,8-10,14,17H,5,7,11-13,15,26H2. The summed E-state index contributed by atoms with van der Waals surface area (Å²) in [5, 5.41) is 1.02. The van der Waals surface area contributed by atoms with E-state index in [1.54, 1.807) is 12.1 Å². The molecule has 5 rings (SSSR count). The van der Waals surface area contributed by atoms with Gasteiger partial charge in [-0.2, -0.15) is 0 Å². The fourth-order valence-electron chi connectivity index (χ4n) is 4.73. The number of fused-ring (bicyclic) bond motifs is 1. The first kappa shape index (κ1) is 18.1. The van der Waals surface area contributed by atoms with Crippen LogP contribution in [0, 0.1) is 5.82 Å². The van der Waals surface area contributed by atoms with Crippen LogP contribution in [0.15, 0.2) is 54.6 Å². The fraction of sp³-hybridized carbons (Fsp3) is 0.333. The Morgan fingerprint density at radius 1 is 1.14 bits per heavy atom. The number of carbonyl (C=O) groups is 1. The summed E-state index contributed by atoms with van der Waals surface area (Å²) in [6.45, 7) is 1.30. The van der Waals surface area contributed by atoms with E-state index in [-0.39, 0.29) is 17.6 Å². The van der Waals surface area contributed by atoms with E-state index in [0.29, 0.717) is 37.2 Å². The molecule has 29 heavy (non-hydrogen) atoms. The highest BCUT2D eigenvalue weighted by Gasteiger charge is 2.54. The molecule has 1 aliphatic carbocycles. The third-order valence-electron chi connectivity index (χ3n) is 6.43. The number of benzene rings is 2. The van der Waals surface area contributed by atoms with Crippen LogP contribution in [0.3, 0.4) is 0 Å². The van der Waals surface area contributed by atoms with Crippen molar-refractivity contribution < 1.29 is 9.18 Å². The Morgan fingerprint density at radius 3 is 2.69 bits per heavy atom. The van der Waals surface area contributed by atoms with Gasteiger partial charge in [-0.3, -0.25) is 9.78 Å². The lowest BCUT2D eigenvalue weighted by Crippen LogP contribution is -2.45. The van der Waals surface area contributed by atoms with Gasteiger partial charge in [0.1, 0.15) is 5.82 Å². The average molecular weight is 389 g/mol. The summed E-state index contributed by atoms with van der Waals surface area (Å²) in [6, 6.07) is 16.6. The van der Waals surface area contributed by atoms with E-state index in [2.05, 4.69) is 0 Å². The van der Waals surface area contributed by atoms with E-state index in [9.17, 15) is 9.18 Å². The monoisotopic (exact) mass is 389 g/mol. The van der Waals surface area contributed by atoms with Crippen LogP contribution in [0.1, 0.15) is 42.9 Å². The molecule has 5 heteroatoms. The van der Waals surface area contributed by atoms with Crippen molar-refractivity contribution in [3.63, 3.8) is 0 Å². The highest BCUT2D eigenvalue weighted by atomic mass is 19.1. The molecule has 1 amide bonds. The number of carbonyl (C=O) groups excluding carboxylic acids is 1. The minimum absolute atomic E-state index is 0.0478. The van der Waals surface area contributed by atoms with Gasteiger partial charge in [0.05, 0.1) is 22.3 Å². The zero-order valence-electron chi connectivity index (χ0n) is 16.3. The van der Waals surface area contributed by atoms with Crippen molar-refractivity contribution in [2.24, 2.45) is 0 Å². The maximum Gasteiger partial charge on any atom is 0.233 e. The van der Waals surface area contributed by atoms with Crippen LogP contribution in [0.4, 0.5) is 10.1 Å². The molecule has 1 saturated heterocycles. The van der Waals surface area contributed by atoms with Crippen LogP contribution < -0.4 is 5.73 Å². The lowest BCUT2D eigenvalue weighted by Gasteiger charge is -2.35. The van der Waals surface area contributed by atoms with E-state index in [1.807, 2.05) is 41.3 Å². The predicted molar refractivity (Wildman–Crippen MR) is 112 cm³/mol. The number of likely N-dealkylation sites (tertiary alicyclic amines) is 1. The van der Waals surface area contributed by atoms with Gasteiger partial charge in [0.2, 0.25) is 5.91 Å². The first-order chi connectivity index (χ1) is 14.1. The maximum atomic E-state index is 14.4. The summed E-state index contributed by atoms with van der Waals surface area (Å²) in [5.74, 6) is -0.132. The SMILES string of the molecule is Nc1cc2ccccc2nc1C1CCCN(C(=O)C2(c3ccccc3F)CC2)C1. The van der Waals surface area contributed by atoms with Gasteiger partial charge < -0.3 is 10.6 Å². The van der Waals surface area contributed by atoms with E-state index in [0.717, 1.165) is 29.4 Å². The van der Waals surface area contributed by atoms with E-state index < -0.39 is 5.41 Å². The second-order valence-electron chi connectivity index (χ2n) is 8.31. The second-order valence-corrected chi connectivity index (χ2v) is 8.31. The van der Waals surface area contributed by atoms with Gasteiger partial charge in [-0.15, -0.1) is 0 Å². The number of hydrogen-bond donors (Lipinski definition) is 1. The Bertz CT molecular complexity index is 1090. The van der Waals surface area contributed by atoms with Gasteiger partial charge in [-0.05, 0) is 43.9 Å². The number of para-hydroxylation sites is 1. The van der Waals surface area contributed by atoms with Crippen LogP contribution in [-0.4, -0.2) is 28.9 Å². The highest BCUT2D eigenvalue weighted by Crippen LogP contribution is 2.51. The highest BCUT2D eigenvalue weighted by molar-refractivity contribution is 5.91. The molecule has 2 aliphatic rings. The molecule has 3 aromatic rings. The number of halogens is 1. The lowest BCUT2D eigenvalue weighted by atomic mass is 9.89. The minimum Gasteiger partial charge on any atom is -0.397 e. The zero-order valence-corrected chi connectivity index (χ0v) is 16.3. The predicted octanol–water partition coefficient (Wildman–Crippen LogP) is 4.39. The van der Waals surface area contributed by atoms with Crippen molar-refractivity contribution in [3.05, 3.63) is 71.7 Å². The normalized spacial score (nSPS) is 20.6. The summed E-state index contributed by atoms with van der Waals surface area (Å²) in [5.41, 5.74) is 8.66. The number of anilines is 1. The Kier molecular flexibility index (Phi) is 4.26. The van der Waals surface area contributed by atoms with Gasteiger partial charge in [0, 0.05) is 30.0 Å². The molecule has 2 aromatic carbocycles. The number of rotatable bonds is 3. The Morgan fingerprint density at radius 2 is 1.90 bits per heavy atom. The number of nitrogen functional groups attached to an aromatic ring is 1. The topological polar surface area (TPSA) is 59.2 Å². The number of amides is 1. The van der Waals surface area contributed by atoms with Gasteiger partial charge in [-0.25, -0.2) is 4.39 Å². The average Bonchev–Trinajstić information content (AvgIpc) is 3.55. The van der Waals surface area contributed by atoms with Gasteiger partial charge in [0.15, 0.2) is 0 Å². The van der Waals surface area contributed by atoms with Gasteiger partial charge in [0.25, 0.3) is 0 Å². The summed E-state index contributed by atoms with van der Waals surface area (Å²) in [6.07, 6.45) is 3.28. The van der Waals surface area contributed by atoms with Crippen molar-refractivity contribution in [2.45, 2.75) is 37.0 Å². The molecule has 1 aliphatic heterocycles. The van der Waals surface area contributed by atoms with Crippen LogP contribution >= 0.6 is 0 Å². The summed E-state index contributed by atoms with van der Waals surface area (Å²) < 4.78 is 14.4. The van der Waals surface area contributed by atoms with Crippen molar-refractivity contribution in [1.29, 1.82) is 0 Å². The molecule has 148 valence electrons. The second kappa shape index (κ2) is 6.83. The molecule has 1 aromatic heterocycles. The third kappa shape index (κ3) is 3.05. The van der Waals surface area contributed by atoms with E-state index in [4.69, 9.17) is 10.7 Å². The third-order valence-corrected chi connectivity index (χ3v) is 6.43. The number of pyridine rings is 1. The smallest absolute Gasteiger partial charge is 0.233 e. The molecule has 0 spiro atoms. The summed E-state index contributed by atoms with van der Waals surface area (Å²) in [7, 11) is 0. The quantitative estimate of drug-likeness (QED) is 0.723. The van der Waals surface area contributed by atoms with Crippen molar-refractivity contribution in [1.82, 2.24) is 9.88 Å². The molecule has 4 nitrogen and oxygen atoms in total. The largest absolute Gasteiger partial charge is 0.397 e. The Labute approximate surface area is 169 Å². The zero-order chi connectivity index (χ0) is 20.0. The van der Waals surface area contributed by atoms with Crippen molar-refractivity contribution in [3.8, 4) is 0 Å². The number of piperidine rings is 1. The summed E-state index contributed by atoms with van der Waals surface area (Å²) >= 11 is 0. The van der Waals surface area contributed by atoms with E-state index >= 15 is 0 Å². The first-order valence-electron chi connectivity index (χ1n) is 10.3. The van der Waals surface area contributed by atoms with Crippen LogP contribution in [0.5, 0.6) is 0 Å². The number of hydrogen-bond acceptors (Lipinski definition) is 3. The molecule has 1 atom stereocenters. The van der Waals surface area contributed by atoms with Gasteiger partial charge >= 0.3 is 0 Å². The molecule has 2 N–H and O–H groups in total. The Hall–Kier alpha value is -2.95. The Balaban J connectivity index is 1.42. The van der Waals surface area contributed by atoms with Crippen molar-refractivity contribution >= 4 is 22.5 Å². The molecule has 2 heterocycles. The molecule has 1 saturated carbocycles. The lowest BCUT2D eigenvalue weighted by molar-refractivity contribution is -0.135. The molecular weight excluding hydrogens is 365 g/mol. The molecule has 0 radical (unpaired) electrons. The van der Waals surface area contributed by atoms with E-state index in [1.165, 1.54) is 6.07 Å². The van der Waals surface area contributed by atoms with Gasteiger partial charge in [-0.1, -0.05) is 36.4 Å². The van der Waals surface area contributed by atoms with Crippen LogP contribution in [-0.2, 0) is 10.2 Å². The molecular formula is C24H24FN3O. The first-order valence-corrected chi connectivity index (χ1v) is 10.3. The molecule has 0 bridgehead atoms. The number of nitrogens with zero attached hydrogens (tertiary/aromatic N) is 2. The maximum absolute atomic E-state index is 14.4. The molecule has 2 fully saturated rings. The summed E-state index contributed by atoms with van der Waals surface area (Å²) in [4.78, 5) is 20.1. The number of aromatic nitrogens is 1. The van der Waals surface area contributed by atoms with Crippen molar-refractivity contribution in [2.75, 3.05) is 18.8 Å². The van der Waals surface area contributed by atoms with Crippen LogP contribution in [0.2, 0.25) is 0 Å². The minimum atomic E-state index is -0.685. The number of nitrogens with two attached hydrogens (primary N) is 1.